The number of hydrogen-bond donors (Lipinski definition) is 0. The maximum Gasteiger partial charge on any atom is 0.125 e. The average molecular weight is 1500 g/mol. The molecule has 0 amide bonds. The highest BCUT2D eigenvalue weighted by Gasteiger charge is 1.92. The largest absolute Gasteiger partial charge is 0.264 e. The fourth-order valence-corrected chi connectivity index (χ4v) is 8.50. The van der Waals surface area contributed by atoms with E-state index in [4.69, 9.17) is 0 Å². The summed E-state index contributed by atoms with van der Waals surface area (Å²) in [6.45, 7) is 56.0. The van der Waals surface area contributed by atoms with Crippen molar-refractivity contribution >= 4 is 0 Å². The minimum atomic E-state index is 0.829. The standard InChI is InChI=1S/2C8H10.7C7H9N.5C6H8N2/c1-7-3-5-8(2)6-4-7;1-7-4-3-5-8(2)6-7;1-6-3-7(2)5-8-4-6;2*1-6-3-4-8-7(2)5-6;2*1-6-3-4-7(2)8-5-6;1-6-4-3-5-8-7(6)2;1-6-4-3-5-7(2)8-6;1-5-3-6(2)8-4-7-5;2*1-5-3-7-6(2)8-4-5;2*1-5-3-4-7-6(2)8-5/h2*3-6H,1-2H3;7*3-5H,1-2H3;5*3-4H,1-2H3. The number of aromatic nitrogens is 17. The van der Waals surface area contributed by atoms with Gasteiger partial charge >= 0.3 is 0 Å². The molecule has 0 bridgehead atoms. The van der Waals surface area contributed by atoms with E-state index in [1.54, 1.807) is 18.7 Å². The first kappa shape index (κ1) is 97.9. The minimum Gasteiger partial charge on any atom is -0.264 e. The van der Waals surface area contributed by atoms with Crippen LogP contribution < -0.4 is 0 Å². The summed E-state index contributed by atoms with van der Waals surface area (Å²) in [4.78, 5) is 68.2. The summed E-state index contributed by atoms with van der Waals surface area (Å²) in [5.41, 5.74) is 28.0. The molecule has 17 nitrogen and oxygen atoms in total. The van der Waals surface area contributed by atoms with Crippen LogP contribution in [0, 0.1) is 194 Å². The molecule has 0 aliphatic rings. The van der Waals surface area contributed by atoms with E-state index in [0.29, 0.717) is 0 Å². The van der Waals surface area contributed by atoms with E-state index in [2.05, 4.69) is 218 Å². The predicted octanol–water partition coefficient (Wildman–Crippen LogP) is 22.0. The molecule has 0 aliphatic heterocycles. The maximum absolute atomic E-state index is 4.17. The molecule has 0 radical (unpaired) electrons. The molecular formula is C95H123N17. The van der Waals surface area contributed by atoms with Crippen LogP contribution in [0.2, 0.25) is 0 Å². The lowest BCUT2D eigenvalue weighted by Gasteiger charge is -1.92. The zero-order valence-corrected chi connectivity index (χ0v) is 72.1. The third-order valence-corrected chi connectivity index (χ3v) is 14.5. The van der Waals surface area contributed by atoms with Crippen molar-refractivity contribution in [2.45, 2.75) is 194 Å². The summed E-state index contributed by atoms with van der Waals surface area (Å²) in [5, 5.41) is 0. The molecule has 0 aliphatic carbocycles. The van der Waals surface area contributed by atoms with Gasteiger partial charge in [0.05, 0.1) is 0 Å². The van der Waals surface area contributed by atoms with E-state index in [0.717, 1.165) is 97.1 Å². The van der Waals surface area contributed by atoms with Crippen LogP contribution in [0.25, 0.3) is 0 Å². The average Bonchev–Trinajstić information content (AvgIpc) is 0.942. The van der Waals surface area contributed by atoms with Crippen LogP contribution in [0.4, 0.5) is 0 Å². The van der Waals surface area contributed by atoms with E-state index in [9.17, 15) is 0 Å². The molecular weight excluding hydrogens is 1380 g/mol. The molecule has 0 unspecified atom stereocenters. The maximum atomic E-state index is 4.17. The Morgan fingerprint density at radius 3 is 0.732 bits per heavy atom. The summed E-state index contributed by atoms with van der Waals surface area (Å²) in [6.07, 6.45) is 25.2. The predicted molar refractivity (Wildman–Crippen MR) is 465 cm³/mol. The van der Waals surface area contributed by atoms with Gasteiger partial charge in [0.15, 0.2) is 0 Å². The second kappa shape index (κ2) is 57.9. The highest BCUT2D eigenvalue weighted by Crippen LogP contribution is 2.05. The van der Waals surface area contributed by atoms with E-state index in [1.807, 2.05) is 280 Å². The zero-order chi connectivity index (χ0) is 83.8. The van der Waals surface area contributed by atoms with Crippen molar-refractivity contribution in [3.63, 3.8) is 0 Å². The van der Waals surface area contributed by atoms with E-state index < -0.39 is 0 Å². The Hall–Kier alpha value is -12.1. The monoisotopic (exact) mass is 1500 g/mol. The fraction of sp³-hybridized carbons (Fsp3) is 0.295. The molecule has 14 rings (SSSR count). The van der Waals surface area contributed by atoms with Gasteiger partial charge in [0.2, 0.25) is 0 Å². The molecule has 17 heteroatoms. The number of pyridine rings is 7. The van der Waals surface area contributed by atoms with Crippen molar-refractivity contribution in [2.75, 3.05) is 0 Å². The molecule has 0 fully saturated rings. The number of aryl methyl sites for hydroxylation is 28. The number of benzene rings is 2. The summed E-state index contributed by atoms with van der Waals surface area (Å²) in [5.74, 6) is 3.33. The number of hydrogen-bond acceptors (Lipinski definition) is 17. The van der Waals surface area contributed by atoms with Crippen LogP contribution in [-0.2, 0) is 0 Å². The molecule has 12 aromatic heterocycles. The van der Waals surface area contributed by atoms with Crippen LogP contribution in [0.15, 0.2) is 239 Å². The summed E-state index contributed by atoms with van der Waals surface area (Å²) < 4.78 is 0. The van der Waals surface area contributed by atoms with Crippen molar-refractivity contribution in [1.82, 2.24) is 84.7 Å². The van der Waals surface area contributed by atoms with Crippen molar-refractivity contribution in [1.29, 1.82) is 0 Å². The topological polar surface area (TPSA) is 219 Å². The molecule has 0 N–H and O–H groups in total. The number of rotatable bonds is 0. The Morgan fingerprint density at radius 1 is 0.170 bits per heavy atom. The van der Waals surface area contributed by atoms with Gasteiger partial charge in [-0.3, -0.25) is 34.9 Å². The van der Waals surface area contributed by atoms with Crippen LogP contribution in [-0.4, -0.2) is 84.7 Å². The van der Waals surface area contributed by atoms with Gasteiger partial charge in [-0.2, -0.15) is 0 Å². The fourth-order valence-electron chi connectivity index (χ4n) is 8.50. The lowest BCUT2D eigenvalue weighted by Crippen LogP contribution is -1.86. The third kappa shape index (κ3) is 55.3. The van der Waals surface area contributed by atoms with Crippen LogP contribution in [0.3, 0.4) is 0 Å². The lowest BCUT2D eigenvalue weighted by molar-refractivity contribution is 1.01. The van der Waals surface area contributed by atoms with Crippen LogP contribution >= 0.6 is 0 Å². The highest BCUT2D eigenvalue weighted by atomic mass is 14.9. The molecule has 2 aromatic carbocycles. The van der Waals surface area contributed by atoms with Gasteiger partial charge in [0.1, 0.15) is 29.6 Å². The molecule has 0 saturated carbocycles. The summed E-state index contributed by atoms with van der Waals surface area (Å²) in [6, 6.07) is 51.0. The Labute approximate surface area is 671 Å². The molecule has 0 spiro atoms. The second-order valence-electron chi connectivity index (χ2n) is 27.0. The van der Waals surface area contributed by atoms with Crippen molar-refractivity contribution in [3.05, 3.63) is 397 Å². The lowest BCUT2D eigenvalue weighted by atomic mass is 10.2. The van der Waals surface area contributed by atoms with E-state index in [-0.39, 0.29) is 0 Å². The molecule has 14 aromatic rings. The van der Waals surface area contributed by atoms with E-state index >= 15 is 0 Å². The van der Waals surface area contributed by atoms with Gasteiger partial charge in [0, 0.05) is 143 Å². The minimum absolute atomic E-state index is 0.829. The zero-order valence-electron chi connectivity index (χ0n) is 72.1. The van der Waals surface area contributed by atoms with Gasteiger partial charge in [0.25, 0.3) is 0 Å². The smallest absolute Gasteiger partial charge is 0.125 e. The first-order chi connectivity index (χ1) is 53.0. The van der Waals surface area contributed by atoms with Crippen LogP contribution in [0.5, 0.6) is 0 Å². The van der Waals surface area contributed by atoms with Crippen molar-refractivity contribution < 1.29 is 0 Å². The van der Waals surface area contributed by atoms with Gasteiger partial charge in [-0.1, -0.05) is 101 Å². The normalized spacial score (nSPS) is 9.25. The quantitative estimate of drug-likeness (QED) is 0.138. The Balaban J connectivity index is 0.000000603. The highest BCUT2D eigenvalue weighted by molar-refractivity contribution is 5.22. The first-order valence-corrected chi connectivity index (χ1v) is 37.1. The van der Waals surface area contributed by atoms with Crippen molar-refractivity contribution in [3.8, 4) is 0 Å². The molecule has 0 atom stereocenters. The SMILES string of the molecule is Cc1cc(C)ncn1.Cc1ccc(C)cc1.Cc1ccc(C)nc1.Cc1ccc(C)nc1.Cc1cccc(C)c1.Cc1cccc(C)n1.Cc1cccnc1C.Cc1ccnc(C)c1.Cc1ccnc(C)c1.Cc1ccnc(C)n1.Cc1ccnc(C)n1.Cc1cnc(C)nc1.Cc1cnc(C)nc1.Cc1cncc(C)c1. The Morgan fingerprint density at radius 2 is 0.509 bits per heavy atom. The second-order valence-corrected chi connectivity index (χ2v) is 27.0. The summed E-state index contributed by atoms with van der Waals surface area (Å²) >= 11 is 0. The van der Waals surface area contributed by atoms with Gasteiger partial charge in [-0.05, 0) is 317 Å². The van der Waals surface area contributed by atoms with E-state index in [1.165, 1.54) is 61.2 Å². The van der Waals surface area contributed by atoms with Crippen LogP contribution in [0.1, 0.15) is 158 Å². The van der Waals surface area contributed by atoms with Gasteiger partial charge < -0.3 is 0 Å². The molecule has 112 heavy (non-hydrogen) atoms. The molecule has 588 valence electrons. The first-order valence-electron chi connectivity index (χ1n) is 37.1. The molecule has 12 heterocycles. The summed E-state index contributed by atoms with van der Waals surface area (Å²) in [7, 11) is 0. The Kier molecular flexibility index (Phi) is 50.6. The Bertz CT molecular complexity index is 3740. The van der Waals surface area contributed by atoms with Gasteiger partial charge in [-0.25, -0.2) is 49.8 Å². The van der Waals surface area contributed by atoms with Gasteiger partial charge in [-0.15, -0.1) is 0 Å². The molecule has 0 saturated heterocycles. The number of nitrogens with zero attached hydrogens (tertiary/aromatic N) is 17. The third-order valence-electron chi connectivity index (χ3n) is 14.5. The van der Waals surface area contributed by atoms with Crippen molar-refractivity contribution in [2.24, 2.45) is 0 Å².